The summed E-state index contributed by atoms with van der Waals surface area (Å²) in [6.45, 7) is 4.99. The van der Waals surface area contributed by atoms with Crippen LogP contribution >= 0.6 is 0 Å². The van der Waals surface area contributed by atoms with Gasteiger partial charge in [0.25, 0.3) is 5.92 Å². The zero-order chi connectivity index (χ0) is 24.6. The molecule has 1 saturated carbocycles. The molecule has 0 spiro atoms. The number of hydrogen-bond donors (Lipinski definition) is 2. The summed E-state index contributed by atoms with van der Waals surface area (Å²) in [4.78, 5) is 6.42. The van der Waals surface area contributed by atoms with E-state index in [1.807, 2.05) is 27.7 Å². The highest BCUT2D eigenvalue weighted by molar-refractivity contribution is 5.82. The number of aliphatic hydroxyl groups excluding tert-OH is 1. The zero-order valence-corrected chi connectivity index (χ0v) is 20.6. The van der Waals surface area contributed by atoms with E-state index < -0.39 is 5.92 Å². The molecule has 1 saturated heterocycles. The van der Waals surface area contributed by atoms with E-state index in [2.05, 4.69) is 42.3 Å². The van der Waals surface area contributed by atoms with Crippen LogP contribution in [0.1, 0.15) is 69.5 Å². The highest BCUT2D eigenvalue weighted by Crippen LogP contribution is 2.38. The molecule has 2 aromatic heterocycles. The largest absolute Gasteiger partial charge is 0.393 e. The minimum absolute atomic E-state index is 0.0688. The molecule has 2 aliphatic rings. The molecule has 1 aliphatic heterocycles. The van der Waals surface area contributed by atoms with Crippen LogP contribution < -0.4 is 5.32 Å². The van der Waals surface area contributed by atoms with Gasteiger partial charge in [0.1, 0.15) is 0 Å². The lowest BCUT2D eigenvalue weighted by Gasteiger charge is -2.25. The molecule has 2 fully saturated rings. The van der Waals surface area contributed by atoms with Gasteiger partial charge in [-0.25, -0.2) is 18.3 Å². The average Bonchev–Trinajstić information content (AvgIpc) is 3.39. The van der Waals surface area contributed by atoms with Crippen LogP contribution in [0.25, 0.3) is 16.6 Å². The van der Waals surface area contributed by atoms with Crippen LogP contribution in [0.4, 0.5) is 14.7 Å². The zero-order valence-electron chi connectivity index (χ0n) is 20.6. The smallest absolute Gasteiger partial charge is 0.261 e. The molecule has 0 amide bonds. The number of rotatable bonds is 7. The van der Waals surface area contributed by atoms with Crippen molar-refractivity contribution < 1.29 is 13.9 Å². The molecule has 0 unspecified atom stereocenters. The average molecular weight is 484 g/mol. The maximum absolute atomic E-state index is 13.7. The lowest BCUT2D eigenvalue weighted by atomic mass is 9.85. The monoisotopic (exact) mass is 483 g/mol. The minimum Gasteiger partial charge on any atom is -0.393 e. The number of likely N-dealkylation sites (tertiary alicyclic amines) is 1. The molecule has 6 nitrogen and oxygen atoms in total. The number of aromatic nitrogens is 3. The van der Waals surface area contributed by atoms with Crippen LogP contribution in [0.5, 0.6) is 0 Å². The van der Waals surface area contributed by atoms with Gasteiger partial charge in [0.15, 0.2) is 0 Å². The van der Waals surface area contributed by atoms with Crippen LogP contribution in [0.3, 0.4) is 0 Å². The Kier molecular flexibility index (Phi) is 6.77. The molecule has 1 atom stereocenters. The number of nitrogens with zero attached hydrogens (tertiary/aromatic N) is 4. The first kappa shape index (κ1) is 24.1. The summed E-state index contributed by atoms with van der Waals surface area (Å²) >= 11 is 0. The van der Waals surface area contributed by atoms with Gasteiger partial charge in [-0.3, -0.25) is 4.90 Å². The van der Waals surface area contributed by atoms with E-state index in [1.54, 1.807) is 0 Å². The van der Waals surface area contributed by atoms with Gasteiger partial charge in [-0.2, -0.15) is 0 Å². The van der Waals surface area contributed by atoms with Gasteiger partial charge in [-0.1, -0.05) is 25.1 Å². The fourth-order valence-corrected chi connectivity index (χ4v) is 5.33. The van der Waals surface area contributed by atoms with Gasteiger partial charge < -0.3 is 10.4 Å². The summed E-state index contributed by atoms with van der Waals surface area (Å²) in [5, 5.41) is 18.3. The van der Waals surface area contributed by atoms with Crippen molar-refractivity contribution in [3.8, 4) is 11.1 Å². The molecule has 0 radical (unpaired) electrons. The molecule has 188 valence electrons. The van der Waals surface area contributed by atoms with Gasteiger partial charge in [0.2, 0.25) is 5.95 Å². The van der Waals surface area contributed by atoms with Crippen molar-refractivity contribution in [1.29, 1.82) is 0 Å². The second kappa shape index (κ2) is 9.82. The molecule has 5 rings (SSSR count). The fraction of sp³-hybridized carbons (Fsp3) is 0.556. The van der Waals surface area contributed by atoms with Crippen molar-refractivity contribution >= 4 is 11.5 Å². The number of alkyl halides is 2. The fourth-order valence-electron chi connectivity index (χ4n) is 5.33. The standard InChI is InChI=1S/C27H35F2N5O/c1-3-18(2)31-26-30-15-25-23(14-24(34(25)32-26)20-7-9-22(35)10-8-20)21-6-4-5-19(13-21)16-33-12-11-27(28,29)17-33/h4-6,13-15,18,20,22,35H,3,7-12,16-17H2,1-2H3,(H,31,32)/t18-,20?,22?/m0/s1. The van der Waals surface area contributed by atoms with Crippen molar-refractivity contribution in [2.75, 3.05) is 18.4 Å². The number of halogens is 2. The highest BCUT2D eigenvalue weighted by atomic mass is 19.3. The number of fused-ring (bicyclic) bond motifs is 1. The Labute approximate surface area is 205 Å². The topological polar surface area (TPSA) is 65.7 Å². The Hall–Kier alpha value is -2.58. The Morgan fingerprint density at radius 1 is 1.20 bits per heavy atom. The van der Waals surface area contributed by atoms with Crippen LogP contribution in [0.2, 0.25) is 0 Å². The lowest BCUT2D eigenvalue weighted by molar-refractivity contribution is 0.0115. The molecule has 8 heteroatoms. The van der Waals surface area contributed by atoms with Gasteiger partial charge in [-0.05, 0) is 62.3 Å². The van der Waals surface area contributed by atoms with E-state index in [0.717, 1.165) is 60.0 Å². The first-order valence-electron chi connectivity index (χ1n) is 12.8. The Morgan fingerprint density at radius 2 is 2.00 bits per heavy atom. The van der Waals surface area contributed by atoms with Crippen LogP contribution in [0.15, 0.2) is 36.5 Å². The lowest BCUT2D eigenvalue weighted by Crippen LogP contribution is -2.24. The van der Waals surface area contributed by atoms with Gasteiger partial charge >= 0.3 is 0 Å². The molecule has 1 aliphatic carbocycles. The van der Waals surface area contributed by atoms with Crippen molar-refractivity contribution in [1.82, 2.24) is 19.5 Å². The molecule has 0 bridgehead atoms. The predicted octanol–water partition coefficient (Wildman–Crippen LogP) is 5.47. The molecule has 3 heterocycles. The number of benzene rings is 1. The van der Waals surface area contributed by atoms with Crippen LogP contribution in [0, 0.1) is 0 Å². The molecular weight excluding hydrogens is 448 g/mol. The van der Waals surface area contributed by atoms with E-state index in [1.165, 1.54) is 0 Å². The van der Waals surface area contributed by atoms with E-state index in [0.29, 0.717) is 25.0 Å². The normalized spacial score (nSPS) is 23.6. The van der Waals surface area contributed by atoms with Crippen LogP contribution in [-0.2, 0) is 6.54 Å². The number of hydrogen-bond acceptors (Lipinski definition) is 5. The van der Waals surface area contributed by atoms with Gasteiger partial charge in [-0.15, -0.1) is 5.10 Å². The quantitative estimate of drug-likeness (QED) is 0.467. The Bertz CT molecular complexity index is 1170. The third-order valence-electron chi connectivity index (χ3n) is 7.54. The minimum atomic E-state index is -2.59. The first-order chi connectivity index (χ1) is 16.8. The molecule has 2 N–H and O–H groups in total. The molecular formula is C27H35F2N5O. The predicted molar refractivity (Wildman–Crippen MR) is 134 cm³/mol. The van der Waals surface area contributed by atoms with Gasteiger partial charge in [0.05, 0.1) is 24.4 Å². The summed E-state index contributed by atoms with van der Waals surface area (Å²) in [5.74, 6) is -1.66. The SMILES string of the molecule is CC[C@H](C)Nc1ncc2c(-c3cccc(CN4CCC(F)(F)C4)c3)cc(C3CCC(O)CC3)n2n1. The van der Waals surface area contributed by atoms with E-state index in [9.17, 15) is 13.9 Å². The summed E-state index contributed by atoms with van der Waals surface area (Å²) in [6.07, 6.45) is 6.01. The van der Waals surface area contributed by atoms with E-state index in [4.69, 9.17) is 5.10 Å². The second-order valence-electron chi connectivity index (χ2n) is 10.3. The summed E-state index contributed by atoms with van der Waals surface area (Å²) < 4.78 is 29.4. The van der Waals surface area contributed by atoms with Crippen molar-refractivity contribution in [2.45, 2.75) is 82.9 Å². The third-order valence-corrected chi connectivity index (χ3v) is 7.54. The highest BCUT2D eigenvalue weighted by Gasteiger charge is 2.38. The van der Waals surface area contributed by atoms with Crippen molar-refractivity contribution in [3.05, 3.63) is 47.8 Å². The van der Waals surface area contributed by atoms with Gasteiger partial charge in [0, 0.05) is 42.7 Å². The third kappa shape index (κ3) is 5.33. The second-order valence-corrected chi connectivity index (χ2v) is 10.3. The maximum Gasteiger partial charge on any atom is 0.261 e. The molecule has 3 aromatic rings. The van der Waals surface area contributed by atoms with Crippen molar-refractivity contribution in [3.63, 3.8) is 0 Å². The summed E-state index contributed by atoms with van der Waals surface area (Å²) in [5.41, 5.74) is 5.19. The van der Waals surface area contributed by atoms with E-state index >= 15 is 0 Å². The molecule has 1 aromatic carbocycles. The maximum atomic E-state index is 13.7. The van der Waals surface area contributed by atoms with E-state index in [-0.39, 0.29) is 25.1 Å². The number of anilines is 1. The Morgan fingerprint density at radius 3 is 2.71 bits per heavy atom. The van der Waals surface area contributed by atoms with Crippen molar-refractivity contribution in [2.24, 2.45) is 0 Å². The summed E-state index contributed by atoms with van der Waals surface area (Å²) in [6, 6.07) is 10.7. The summed E-state index contributed by atoms with van der Waals surface area (Å²) in [7, 11) is 0. The first-order valence-corrected chi connectivity index (χ1v) is 12.8. The number of nitrogens with one attached hydrogen (secondary N) is 1. The van der Waals surface area contributed by atoms with Crippen LogP contribution in [-0.4, -0.2) is 55.8 Å². The number of aliphatic hydroxyl groups is 1. The Balaban J connectivity index is 1.50. The molecule has 35 heavy (non-hydrogen) atoms.